The molecule has 6 nitrogen and oxygen atoms in total. The number of carbonyl (C=O) groups is 2. The average molecular weight is 363 g/mol. The molecule has 1 aromatic carbocycles. The molecule has 0 spiro atoms. The van der Waals surface area contributed by atoms with E-state index in [9.17, 15) is 14.0 Å². The fourth-order valence-electron chi connectivity index (χ4n) is 2.57. The van der Waals surface area contributed by atoms with Gasteiger partial charge in [-0.05, 0) is 30.3 Å². The number of aromatic nitrogens is 1. The Labute approximate surface area is 149 Å². The second-order valence-electron chi connectivity index (χ2n) is 5.62. The number of carbonyl (C=O) groups excluding carboxylic acids is 2. The van der Waals surface area contributed by atoms with Crippen LogP contribution in [-0.4, -0.2) is 53.3 Å². The van der Waals surface area contributed by atoms with E-state index in [1.807, 2.05) is 0 Å². The van der Waals surface area contributed by atoms with Gasteiger partial charge in [-0.25, -0.2) is 9.37 Å². The van der Waals surface area contributed by atoms with Crippen molar-refractivity contribution in [3.8, 4) is 0 Å². The van der Waals surface area contributed by atoms with Crippen LogP contribution < -0.4 is 5.32 Å². The highest BCUT2D eigenvalue weighted by molar-refractivity contribution is 6.31. The quantitative estimate of drug-likeness (QED) is 0.849. The summed E-state index contributed by atoms with van der Waals surface area (Å²) in [6.45, 7) is 2.05. The molecule has 1 N–H and O–H groups in total. The van der Waals surface area contributed by atoms with Crippen molar-refractivity contribution < 1.29 is 14.0 Å². The zero-order chi connectivity index (χ0) is 17.8. The van der Waals surface area contributed by atoms with Gasteiger partial charge in [-0.2, -0.15) is 0 Å². The minimum Gasteiger partial charge on any atom is -0.342 e. The molecule has 0 radical (unpaired) electrons. The molecule has 1 aliphatic rings. The highest BCUT2D eigenvalue weighted by Crippen LogP contribution is 2.22. The summed E-state index contributed by atoms with van der Waals surface area (Å²) >= 11 is 5.76. The largest absolute Gasteiger partial charge is 0.342 e. The third-order valence-corrected chi connectivity index (χ3v) is 4.24. The van der Waals surface area contributed by atoms with E-state index in [2.05, 4.69) is 10.3 Å². The average Bonchev–Trinajstić information content (AvgIpc) is 2.64. The summed E-state index contributed by atoms with van der Waals surface area (Å²) in [5.41, 5.74) is 1.06. The van der Waals surface area contributed by atoms with E-state index >= 15 is 0 Å². The first kappa shape index (κ1) is 17.2. The van der Waals surface area contributed by atoms with Crippen molar-refractivity contribution >= 4 is 35.4 Å². The highest BCUT2D eigenvalue weighted by atomic mass is 35.5. The first-order chi connectivity index (χ1) is 12.1. The van der Waals surface area contributed by atoms with Crippen molar-refractivity contribution in [1.29, 1.82) is 0 Å². The number of piperazine rings is 1. The monoisotopic (exact) mass is 362 g/mol. The normalized spacial score (nSPS) is 14.3. The van der Waals surface area contributed by atoms with Crippen LogP contribution in [0.3, 0.4) is 0 Å². The molecule has 1 aromatic heterocycles. The maximum Gasteiger partial charge on any atom is 0.254 e. The molecule has 0 atom stereocenters. The summed E-state index contributed by atoms with van der Waals surface area (Å²) < 4.78 is 13.2. The topological polar surface area (TPSA) is 65.5 Å². The van der Waals surface area contributed by atoms with Crippen LogP contribution in [0.2, 0.25) is 5.02 Å². The van der Waals surface area contributed by atoms with Gasteiger partial charge in [0, 0.05) is 43.6 Å². The van der Waals surface area contributed by atoms with Gasteiger partial charge < -0.3 is 15.1 Å². The third-order valence-electron chi connectivity index (χ3n) is 3.95. The molecule has 2 heterocycles. The Bertz CT molecular complexity index is 794. The number of nitrogens with one attached hydrogen (secondary N) is 1. The number of nitrogens with zero attached hydrogens (tertiary/aromatic N) is 3. The lowest BCUT2D eigenvalue weighted by Crippen LogP contribution is -2.48. The van der Waals surface area contributed by atoms with Crippen LogP contribution in [0.5, 0.6) is 0 Å². The zero-order valence-corrected chi connectivity index (χ0v) is 14.0. The number of rotatable bonds is 4. The van der Waals surface area contributed by atoms with E-state index in [-0.39, 0.29) is 10.9 Å². The number of benzene rings is 1. The van der Waals surface area contributed by atoms with Gasteiger partial charge >= 0.3 is 0 Å². The Balaban J connectivity index is 1.71. The molecule has 0 bridgehead atoms. The number of anilines is 2. The molecule has 2 amide bonds. The van der Waals surface area contributed by atoms with Crippen LogP contribution in [-0.2, 0) is 4.79 Å². The van der Waals surface area contributed by atoms with E-state index in [4.69, 9.17) is 11.6 Å². The number of hydrogen-bond acceptors (Lipinski definition) is 4. The van der Waals surface area contributed by atoms with Crippen molar-refractivity contribution in [3.63, 3.8) is 0 Å². The fourth-order valence-corrected chi connectivity index (χ4v) is 2.75. The molecule has 2 aromatic rings. The molecule has 25 heavy (non-hydrogen) atoms. The Morgan fingerprint density at radius 2 is 1.96 bits per heavy atom. The Morgan fingerprint density at radius 1 is 1.20 bits per heavy atom. The molecule has 1 aliphatic heterocycles. The molecule has 0 aliphatic carbocycles. The lowest BCUT2D eigenvalue weighted by Gasteiger charge is -2.32. The SMILES string of the molecule is O=CN1CCN(C(=O)c2ccnc(Nc3ccc(F)c(Cl)c3)c2)CC1. The number of halogens is 2. The van der Waals surface area contributed by atoms with Crippen molar-refractivity contribution in [1.82, 2.24) is 14.8 Å². The van der Waals surface area contributed by atoms with Gasteiger partial charge in [-0.3, -0.25) is 9.59 Å². The maximum atomic E-state index is 13.2. The number of hydrogen-bond donors (Lipinski definition) is 1. The van der Waals surface area contributed by atoms with Gasteiger partial charge in [0.15, 0.2) is 0 Å². The highest BCUT2D eigenvalue weighted by Gasteiger charge is 2.21. The predicted octanol–water partition coefficient (Wildman–Crippen LogP) is 2.53. The van der Waals surface area contributed by atoms with Gasteiger partial charge in [0.1, 0.15) is 11.6 Å². The van der Waals surface area contributed by atoms with Gasteiger partial charge in [-0.15, -0.1) is 0 Å². The smallest absolute Gasteiger partial charge is 0.254 e. The van der Waals surface area contributed by atoms with Crippen molar-refractivity contribution in [2.75, 3.05) is 31.5 Å². The van der Waals surface area contributed by atoms with Crippen LogP contribution in [0.15, 0.2) is 36.5 Å². The molecule has 1 fully saturated rings. The van der Waals surface area contributed by atoms with Crippen molar-refractivity contribution in [3.05, 3.63) is 52.9 Å². The fraction of sp³-hybridized carbons (Fsp3) is 0.235. The molecule has 8 heteroatoms. The molecule has 130 valence electrons. The molecule has 0 saturated carbocycles. The van der Waals surface area contributed by atoms with Gasteiger partial charge in [0.05, 0.1) is 5.02 Å². The van der Waals surface area contributed by atoms with E-state index in [0.29, 0.717) is 43.2 Å². The molecular weight excluding hydrogens is 347 g/mol. The van der Waals surface area contributed by atoms with Crippen LogP contribution in [0.4, 0.5) is 15.9 Å². The van der Waals surface area contributed by atoms with Crippen LogP contribution >= 0.6 is 11.6 Å². The lowest BCUT2D eigenvalue weighted by molar-refractivity contribution is -0.119. The van der Waals surface area contributed by atoms with E-state index < -0.39 is 5.82 Å². The Kier molecular flexibility index (Phi) is 5.14. The summed E-state index contributed by atoms with van der Waals surface area (Å²) in [4.78, 5) is 30.8. The first-order valence-corrected chi connectivity index (χ1v) is 8.11. The second-order valence-corrected chi connectivity index (χ2v) is 6.02. The number of amides is 2. The summed E-state index contributed by atoms with van der Waals surface area (Å²) in [5, 5.41) is 3.00. The molecule has 0 unspecified atom stereocenters. The summed E-state index contributed by atoms with van der Waals surface area (Å²) in [6, 6.07) is 7.51. The molecule has 1 saturated heterocycles. The van der Waals surface area contributed by atoms with Gasteiger partial charge in [0.25, 0.3) is 5.91 Å². The standard InChI is InChI=1S/C17H16ClFN4O2/c18-14-10-13(1-2-15(14)19)21-16-9-12(3-4-20-16)17(25)23-7-5-22(11-24)6-8-23/h1-4,9-11H,5-8H2,(H,20,21). The van der Waals surface area contributed by atoms with Crippen LogP contribution in [0.25, 0.3) is 0 Å². The van der Waals surface area contributed by atoms with Gasteiger partial charge in [-0.1, -0.05) is 11.6 Å². The lowest BCUT2D eigenvalue weighted by atomic mass is 10.2. The molecule has 3 rings (SSSR count). The Hall–Kier alpha value is -2.67. The summed E-state index contributed by atoms with van der Waals surface area (Å²) in [6.07, 6.45) is 2.33. The minimum absolute atomic E-state index is 0.00489. The predicted molar refractivity (Wildman–Crippen MR) is 92.5 cm³/mol. The maximum absolute atomic E-state index is 13.2. The zero-order valence-electron chi connectivity index (χ0n) is 13.3. The first-order valence-electron chi connectivity index (χ1n) is 7.73. The summed E-state index contributed by atoms with van der Waals surface area (Å²) in [5.74, 6) is -0.160. The van der Waals surface area contributed by atoms with Gasteiger partial charge in [0.2, 0.25) is 6.41 Å². The van der Waals surface area contributed by atoms with E-state index in [1.165, 1.54) is 24.4 Å². The third kappa shape index (κ3) is 4.06. The summed E-state index contributed by atoms with van der Waals surface area (Å²) in [7, 11) is 0. The van der Waals surface area contributed by atoms with Crippen molar-refractivity contribution in [2.45, 2.75) is 0 Å². The second kappa shape index (κ2) is 7.48. The van der Waals surface area contributed by atoms with Crippen molar-refractivity contribution in [2.24, 2.45) is 0 Å². The van der Waals surface area contributed by atoms with Crippen LogP contribution in [0, 0.1) is 5.82 Å². The molecular formula is C17H16ClFN4O2. The van der Waals surface area contributed by atoms with E-state index in [1.54, 1.807) is 21.9 Å². The number of pyridine rings is 1. The van der Waals surface area contributed by atoms with E-state index in [0.717, 1.165) is 6.41 Å². The minimum atomic E-state index is -0.501. The van der Waals surface area contributed by atoms with Crippen LogP contribution in [0.1, 0.15) is 10.4 Å². The Morgan fingerprint density at radius 3 is 2.64 bits per heavy atom.